The minimum Gasteiger partial charge on any atom is -0.234 e. The van der Waals surface area contributed by atoms with E-state index in [0.29, 0.717) is 6.04 Å². The molecule has 0 bridgehead atoms. The van der Waals surface area contributed by atoms with Crippen LogP contribution in [0.5, 0.6) is 0 Å². The number of hydrogen-bond acceptors (Lipinski definition) is 0. The molecular weight excluding hydrogens is 328 g/mol. The Morgan fingerprint density at radius 2 is 1.19 bits per heavy atom. The number of unbranched alkanes of at least 4 members (excludes halogenated alkanes) is 13. The Morgan fingerprint density at radius 3 is 1.70 bits per heavy atom. The molecule has 0 saturated carbocycles. The first-order valence-corrected chi connectivity index (χ1v) is 12.3. The van der Waals surface area contributed by atoms with Crippen molar-refractivity contribution < 1.29 is 4.57 Å². The van der Waals surface area contributed by atoms with Crippen molar-refractivity contribution in [1.29, 1.82) is 0 Å². The lowest BCUT2D eigenvalue weighted by atomic mass is 10.1. The van der Waals surface area contributed by atoms with E-state index in [-0.39, 0.29) is 0 Å². The van der Waals surface area contributed by atoms with Gasteiger partial charge >= 0.3 is 0 Å². The fourth-order valence-corrected chi connectivity index (χ4v) is 4.08. The third-order valence-electron chi connectivity index (χ3n) is 5.85. The van der Waals surface area contributed by atoms with E-state index in [1.165, 1.54) is 109 Å². The van der Waals surface area contributed by atoms with Crippen LogP contribution >= 0.6 is 0 Å². The maximum absolute atomic E-state index is 2.55. The molecule has 2 nitrogen and oxygen atoms in total. The van der Waals surface area contributed by atoms with Gasteiger partial charge in [0.2, 0.25) is 0 Å². The van der Waals surface area contributed by atoms with Crippen molar-refractivity contribution in [1.82, 2.24) is 4.57 Å². The molecule has 1 aromatic rings. The Bertz CT molecular complexity index is 447. The van der Waals surface area contributed by atoms with Gasteiger partial charge in [0.25, 0.3) is 5.82 Å². The van der Waals surface area contributed by atoms with Crippen LogP contribution in [0.2, 0.25) is 0 Å². The average Bonchev–Trinajstić information content (AvgIpc) is 3.06. The lowest BCUT2D eigenvalue weighted by molar-refractivity contribution is -0.722. The molecule has 0 radical (unpaired) electrons. The summed E-state index contributed by atoms with van der Waals surface area (Å²) in [6.45, 7) is 10.4. The third kappa shape index (κ3) is 11.0. The molecule has 0 amide bonds. The summed E-state index contributed by atoms with van der Waals surface area (Å²) in [6.07, 6.45) is 26.9. The average molecular weight is 378 g/mol. The van der Waals surface area contributed by atoms with Crippen molar-refractivity contribution in [2.24, 2.45) is 0 Å². The van der Waals surface area contributed by atoms with Gasteiger partial charge in [-0.25, -0.2) is 9.13 Å². The zero-order valence-electron chi connectivity index (χ0n) is 19.1. The van der Waals surface area contributed by atoms with Gasteiger partial charge in [-0.2, -0.15) is 0 Å². The van der Waals surface area contributed by atoms with Crippen LogP contribution in [-0.4, -0.2) is 4.57 Å². The second kappa shape index (κ2) is 16.2. The molecule has 1 aromatic heterocycles. The third-order valence-corrected chi connectivity index (χ3v) is 5.85. The first kappa shape index (κ1) is 24.2. The summed E-state index contributed by atoms with van der Waals surface area (Å²) in [7, 11) is 0. The van der Waals surface area contributed by atoms with Crippen molar-refractivity contribution in [2.45, 2.75) is 143 Å². The standard InChI is InChI=1S/C25H49N2/c1-5-7-9-11-13-14-15-16-18-20-25-26(22-23-27(25)24(3)4)21-19-17-12-10-8-6-2/h22-24H,5-21H2,1-4H3/q+1. The van der Waals surface area contributed by atoms with E-state index in [1.54, 1.807) is 5.82 Å². The van der Waals surface area contributed by atoms with Crippen molar-refractivity contribution in [3.05, 3.63) is 18.2 Å². The van der Waals surface area contributed by atoms with Gasteiger partial charge in [0, 0.05) is 6.42 Å². The first-order valence-electron chi connectivity index (χ1n) is 12.3. The summed E-state index contributed by atoms with van der Waals surface area (Å²) < 4.78 is 5.05. The molecule has 2 heteroatoms. The molecule has 0 aliphatic carbocycles. The highest BCUT2D eigenvalue weighted by Crippen LogP contribution is 2.13. The van der Waals surface area contributed by atoms with E-state index in [1.807, 2.05) is 0 Å². The number of nitrogens with zero attached hydrogens (tertiary/aromatic N) is 2. The highest BCUT2D eigenvalue weighted by Gasteiger charge is 2.18. The Kier molecular flexibility index (Phi) is 14.5. The molecule has 0 atom stereocenters. The van der Waals surface area contributed by atoms with Gasteiger partial charge < -0.3 is 0 Å². The van der Waals surface area contributed by atoms with E-state index in [2.05, 4.69) is 49.2 Å². The molecule has 0 N–H and O–H groups in total. The zero-order chi connectivity index (χ0) is 19.7. The van der Waals surface area contributed by atoms with Gasteiger partial charge in [-0.1, -0.05) is 90.9 Å². The number of rotatable bonds is 18. The number of hydrogen-bond donors (Lipinski definition) is 0. The molecule has 0 fully saturated rings. The monoisotopic (exact) mass is 377 g/mol. The van der Waals surface area contributed by atoms with Crippen LogP contribution in [0.4, 0.5) is 0 Å². The van der Waals surface area contributed by atoms with Gasteiger partial charge in [0.1, 0.15) is 12.4 Å². The Hall–Kier alpha value is -0.790. The van der Waals surface area contributed by atoms with Crippen LogP contribution in [0.15, 0.2) is 12.4 Å². The summed E-state index contributed by atoms with van der Waals surface area (Å²) in [6, 6.07) is 0.573. The molecule has 1 heterocycles. The van der Waals surface area contributed by atoms with Gasteiger partial charge in [-0.05, 0) is 33.1 Å². The van der Waals surface area contributed by atoms with E-state index < -0.39 is 0 Å². The Labute approximate surface area is 170 Å². The fraction of sp³-hybridized carbons (Fsp3) is 0.880. The van der Waals surface area contributed by atoms with Crippen LogP contribution in [0, 0.1) is 0 Å². The Morgan fingerprint density at radius 1 is 0.704 bits per heavy atom. The zero-order valence-corrected chi connectivity index (χ0v) is 19.1. The maximum atomic E-state index is 2.55. The van der Waals surface area contributed by atoms with E-state index in [0.717, 1.165) is 0 Å². The Balaban J connectivity index is 2.29. The van der Waals surface area contributed by atoms with Crippen LogP contribution in [-0.2, 0) is 13.0 Å². The van der Waals surface area contributed by atoms with Gasteiger partial charge in [-0.3, -0.25) is 0 Å². The molecule has 0 saturated heterocycles. The lowest BCUT2D eigenvalue weighted by Gasteiger charge is -2.08. The van der Waals surface area contributed by atoms with Gasteiger partial charge in [0.15, 0.2) is 0 Å². The maximum Gasteiger partial charge on any atom is 0.256 e. The summed E-state index contributed by atoms with van der Waals surface area (Å²) in [4.78, 5) is 0. The number of imidazole rings is 1. The molecule has 27 heavy (non-hydrogen) atoms. The molecule has 0 aliphatic rings. The van der Waals surface area contributed by atoms with Crippen molar-refractivity contribution in [3.63, 3.8) is 0 Å². The lowest BCUT2D eigenvalue weighted by Crippen LogP contribution is -2.39. The molecular formula is C25H49N2+. The van der Waals surface area contributed by atoms with E-state index in [4.69, 9.17) is 0 Å². The predicted octanol–water partition coefficient (Wildman–Crippen LogP) is 7.79. The molecule has 0 spiro atoms. The van der Waals surface area contributed by atoms with E-state index >= 15 is 0 Å². The normalized spacial score (nSPS) is 11.6. The van der Waals surface area contributed by atoms with Crippen LogP contribution < -0.4 is 4.57 Å². The van der Waals surface area contributed by atoms with Gasteiger partial charge in [0.05, 0.1) is 12.6 Å². The topological polar surface area (TPSA) is 8.81 Å². The number of aryl methyl sites for hydroxylation is 1. The highest BCUT2D eigenvalue weighted by molar-refractivity contribution is 4.85. The second-order valence-electron chi connectivity index (χ2n) is 8.75. The molecule has 0 aliphatic heterocycles. The fourth-order valence-electron chi connectivity index (χ4n) is 4.08. The molecule has 0 aromatic carbocycles. The smallest absolute Gasteiger partial charge is 0.234 e. The van der Waals surface area contributed by atoms with E-state index in [9.17, 15) is 0 Å². The van der Waals surface area contributed by atoms with Gasteiger partial charge in [-0.15, -0.1) is 0 Å². The van der Waals surface area contributed by atoms with Crippen LogP contribution in [0.25, 0.3) is 0 Å². The van der Waals surface area contributed by atoms with Crippen LogP contribution in [0.1, 0.15) is 136 Å². The van der Waals surface area contributed by atoms with Crippen molar-refractivity contribution in [3.8, 4) is 0 Å². The van der Waals surface area contributed by atoms with Crippen LogP contribution in [0.3, 0.4) is 0 Å². The summed E-state index contributed by atoms with van der Waals surface area (Å²) >= 11 is 0. The minimum atomic E-state index is 0.573. The molecule has 1 rings (SSSR count). The molecule has 0 unspecified atom stereocenters. The predicted molar refractivity (Wildman–Crippen MR) is 119 cm³/mol. The summed E-state index contributed by atoms with van der Waals surface area (Å²) in [5.41, 5.74) is 0. The first-order chi connectivity index (χ1) is 13.2. The minimum absolute atomic E-state index is 0.573. The SMILES string of the molecule is CCCCCCCCCCCc1n(CCCCCCCC)cc[n+]1C(C)C. The summed E-state index contributed by atoms with van der Waals surface area (Å²) in [5, 5.41) is 0. The molecule has 158 valence electrons. The van der Waals surface area contributed by atoms with Crippen molar-refractivity contribution >= 4 is 0 Å². The van der Waals surface area contributed by atoms with Crippen molar-refractivity contribution in [2.75, 3.05) is 0 Å². The highest BCUT2D eigenvalue weighted by atomic mass is 15.2. The quantitative estimate of drug-likeness (QED) is 0.182. The summed E-state index contributed by atoms with van der Waals surface area (Å²) in [5.74, 6) is 1.56. The number of aromatic nitrogens is 2. The largest absolute Gasteiger partial charge is 0.256 e. The second-order valence-corrected chi connectivity index (χ2v) is 8.75.